The maximum atomic E-state index is 11.8. The zero-order chi connectivity index (χ0) is 16.7. The average Bonchev–Trinajstić information content (AvgIpc) is 2.51. The van der Waals surface area contributed by atoms with Crippen LogP contribution < -0.4 is 5.32 Å². The summed E-state index contributed by atoms with van der Waals surface area (Å²) in [4.78, 5) is 23.5. The Hall–Kier alpha value is -2.12. The fourth-order valence-electron chi connectivity index (χ4n) is 2.11. The number of esters is 1. The number of aliphatic hydroxyl groups is 1. The summed E-state index contributed by atoms with van der Waals surface area (Å²) in [6.45, 7) is 2.47. The summed E-state index contributed by atoms with van der Waals surface area (Å²) < 4.78 is 15.1. The summed E-state index contributed by atoms with van der Waals surface area (Å²) in [5.74, 6) is -0.502. The molecule has 7 heteroatoms. The molecular formula is C16H21NO6. The Morgan fingerprint density at radius 2 is 2.04 bits per heavy atom. The standard InChI is InChI=1S/C16H21NO6/c1-16(10-21-11-16)7-14(19)23-13(8-18)17-15(20)22-9-12-5-3-2-4-6-12/h2-6,13,18H,7-11H2,1H3,(H,17,20)/t13-/m0/s1. The van der Waals surface area contributed by atoms with Crippen molar-refractivity contribution in [1.29, 1.82) is 0 Å². The number of hydrogen-bond donors (Lipinski definition) is 2. The van der Waals surface area contributed by atoms with E-state index in [4.69, 9.17) is 14.2 Å². The fraction of sp³-hybridized carbons (Fsp3) is 0.500. The van der Waals surface area contributed by atoms with Crippen molar-refractivity contribution in [2.45, 2.75) is 26.2 Å². The van der Waals surface area contributed by atoms with Crippen molar-refractivity contribution in [3.63, 3.8) is 0 Å². The van der Waals surface area contributed by atoms with Gasteiger partial charge in [-0.25, -0.2) is 4.79 Å². The first-order valence-electron chi connectivity index (χ1n) is 7.36. The summed E-state index contributed by atoms with van der Waals surface area (Å²) in [7, 11) is 0. The lowest BCUT2D eigenvalue weighted by molar-refractivity contribution is -0.166. The van der Waals surface area contributed by atoms with Crippen molar-refractivity contribution >= 4 is 12.1 Å². The Balaban J connectivity index is 1.72. The third kappa shape index (κ3) is 5.54. The molecule has 2 N–H and O–H groups in total. The molecule has 1 saturated heterocycles. The maximum absolute atomic E-state index is 11.8. The van der Waals surface area contributed by atoms with Crippen LogP contribution in [0.25, 0.3) is 0 Å². The van der Waals surface area contributed by atoms with E-state index in [2.05, 4.69) is 5.32 Å². The van der Waals surface area contributed by atoms with E-state index >= 15 is 0 Å². The summed E-state index contributed by atoms with van der Waals surface area (Å²) in [6.07, 6.45) is -1.72. The van der Waals surface area contributed by atoms with Crippen LogP contribution in [0.4, 0.5) is 4.79 Å². The van der Waals surface area contributed by atoms with Crippen LogP contribution in [0.2, 0.25) is 0 Å². The van der Waals surface area contributed by atoms with Gasteiger partial charge in [-0.1, -0.05) is 37.3 Å². The molecule has 23 heavy (non-hydrogen) atoms. The topological polar surface area (TPSA) is 94.1 Å². The summed E-state index contributed by atoms with van der Waals surface area (Å²) in [6, 6.07) is 9.16. The number of carbonyl (C=O) groups excluding carboxylic acids is 2. The van der Waals surface area contributed by atoms with E-state index < -0.39 is 24.9 Å². The van der Waals surface area contributed by atoms with Crippen LogP contribution in [-0.4, -0.2) is 43.2 Å². The van der Waals surface area contributed by atoms with E-state index in [-0.39, 0.29) is 18.4 Å². The van der Waals surface area contributed by atoms with Crippen molar-refractivity contribution in [2.75, 3.05) is 19.8 Å². The molecular weight excluding hydrogens is 302 g/mol. The lowest BCUT2D eigenvalue weighted by Gasteiger charge is -2.37. The molecule has 1 fully saturated rings. The van der Waals surface area contributed by atoms with E-state index in [1.165, 1.54) is 0 Å². The molecule has 0 radical (unpaired) electrons. The minimum atomic E-state index is -1.13. The third-order valence-electron chi connectivity index (χ3n) is 3.40. The molecule has 1 amide bonds. The summed E-state index contributed by atoms with van der Waals surface area (Å²) in [5.41, 5.74) is 0.600. The molecule has 0 unspecified atom stereocenters. The van der Waals surface area contributed by atoms with Gasteiger partial charge < -0.3 is 19.3 Å². The Morgan fingerprint density at radius 1 is 1.35 bits per heavy atom. The lowest BCUT2D eigenvalue weighted by Crippen LogP contribution is -2.45. The highest BCUT2D eigenvalue weighted by Gasteiger charge is 2.36. The highest BCUT2D eigenvalue weighted by Crippen LogP contribution is 2.30. The van der Waals surface area contributed by atoms with Gasteiger partial charge in [-0.05, 0) is 5.56 Å². The fourth-order valence-corrected chi connectivity index (χ4v) is 2.11. The van der Waals surface area contributed by atoms with Crippen molar-refractivity contribution in [3.8, 4) is 0 Å². The molecule has 1 aromatic carbocycles. The molecule has 0 saturated carbocycles. The SMILES string of the molecule is CC1(CC(=O)O[C@@H](CO)NC(=O)OCc2ccccc2)COC1. The summed E-state index contributed by atoms with van der Waals surface area (Å²) in [5, 5.41) is 11.5. The monoisotopic (exact) mass is 323 g/mol. The van der Waals surface area contributed by atoms with Gasteiger partial charge in [0.25, 0.3) is 0 Å². The number of ether oxygens (including phenoxy) is 3. The zero-order valence-electron chi connectivity index (χ0n) is 13.0. The zero-order valence-corrected chi connectivity index (χ0v) is 13.0. The quantitative estimate of drug-likeness (QED) is 0.578. The second-order valence-electron chi connectivity index (χ2n) is 5.85. The minimum Gasteiger partial charge on any atom is -0.445 e. The average molecular weight is 323 g/mol. The maximum Gasteiger partial charge on any atom is 0.410 e. The number of benzene rings is 1. The number of carbonyl (C=O) groups is 2. The number of amides is 1. The normalized spacial score (nSPS) is 16.8. The van der Waals surface area contributed by atoms with Gasteiger partial charge in [0.15, 0.2) is 0 Å². The Labute approximate surface area is 134 Å². The number of aliphatic hydroxyl groups excluding tert-OH is 1. The Morgan fingerprint density at radius 3 is 2.61 bits per heavy atom. The predicted octanol–water partition coefficient (Wildman–Crippen LogP) is 1.20. The van der Waals surface area contributed by atoms with Crippen LogP contribution in [0.15, 0.2) is 30.3 Å². The van der Waals surface area contributed by atoms with Crippen LogP contribution in [0.5, 0.6) is 0 Å². The van der Waals surface area contributed by atoms with Gasteiger partial charge in [0, 0.05) is 5.41 Å². The molecule has 1 heterocycles. The molecule has 2 rings (SSSR count). The molecule has 0 aliphatic carbocycles. The van der Waals surface area contributed by atoms with Gasteiger partial charge in [-0.15, -0.1) is 0 Å². The van der Waals surface area contributed by atoms with Crippen molar-refractivity contribution in [2.24, 2.45) is 5.41 Å². The van der Waals surface area contributed by atoms with Crippen molar-refractivity contribution in [1.82, 2.24) is 5.32 Å². The minimum absolute atomic E-state index is 0.0914. The van der Waals surface area contributed by atoms with Gasteiger partial charge in [-0.2, -0.15) is 0 Å². The largest absolute Gasteiger partial charge is 0.445 e. The molecule has 1 aliphatic heterocycles. The van der Waals surface area contributed by atoms with Gasteiger partial charge in [0.1, 0.15) is 6.61 Å². The summed E-state index contributed by atoms with van der Waals surface area (Å²) >= 11 is 0. The van der Waals surface area contributed by atoms with Crippen LogP contribution in [0.1, 0.15) is 18.9 Å². The molecule has 0 spiro atoms. The molecule has 1 aliphatic rings. The van der Waals surface area contributed by atoms with Crippen LogP contribution >= 0.6 is 0 Å². The van der Waals surface area contributed by atoms with Gasteiger partial charge in [-0.3, -0.25) is 10.1 Å². The van der Waals surface area contributed by atoms with Crippen molar-refractivity contribution in [3.05, 3.63) is 35.9 Å². The van der Waals surface area contributed by atoms with Crippen LogP contribution in [-0.2, 0) is 25.6 Å². The lowest BCUT2D eigenvalue weighted by atomic mass is 9.85. The molecule has 0 aromatic heterocycles. The van der Waals surface area contributed by atoms with E-state index in [0.717, 1.165) is 5.56 Å². The molecule has 1 aromatic rings. The highest BCUT2D eigenvalue weighted by molar-refractivity contribution is 5.72. The second-order valence-corrected chi connectivity index (χ2v) is 5.85. The van der Waals surface area contributed by atoms with E-state index in [0.29, 0.717) is 13.2 Å². The Bertz CT molecular complexity index is 529. The van der Waals surface area contributed by atoms with Crippen LogP contribution in [0, 0.1) is 5.41 Å². The Kier molecular flexibility index (Phi) is 5.95. The number of rotatable bonds is 7. The third-order valence-corrected chi connectivity index (χ3v) is 3.40. The molecule has 1 atom stereocenters. The molecule has 126 valence electrons. The first kappa shape index (κ1) is 17.2. The van der Waals surface area contributed by atoms with Gasteiger partial charge in [0.05, 0.1) is 26.2 Å². The number of nitrogens with one attached hydrogen (secondary N) is 1. The predicted molar refractivity (Wildman–Crippen MR) is 80.3 cm³/mol. The van der Waals surface area contributed by atoms with Gasteiger partial charge in [0.2, 0.25) is 6.23 Å². The van der Waals surface area contributed by atoms with Gasteiger partial charge >= 0.3 is 12.1 Å². The number of alkyl carbamates (subject to hydrolysis) is 1. The molecule has 7 nitrogen and oxygen atoms in total. The second kappa shape index (κ2) is 7.94. The first-order valence-corrected chi connectivity index (χ1v) is 7.36. The highest BCUT2D eigenvalue weighted by atomic mass is 16.6. The van der Waals surface area contributed by atoms with E-state index in [9.17, 15) is 14.7 Å². The van der Waals surface area contributed by atoms with Crippen molar-refractivity contribution < 1.29 is 28.9 Å². The first-order chi connectivity index (χ1) is 11.0. The smallest absolute Gasteiger partial charge is 0.410 e. The number of hydrogen-bond acceptors (Lipinski definition) is 6. The van der Waals surface area contributed by atoms with E-state index in [1.807, 2.05) is 37.3 Å². The van der Waals surface area contributed by atoms with Crippen LogP contribution in [0.3, 0.4) is 0 Å². The molecule has 0 bridgehead atoms. The van der Waals surface area contributed by atoms with E-state index in [1.54, 1.807) is 0 Å².